The van der Waals surface area contributed by atoms with E-state index in [4.69, 9.17) is 0 Å². The third-order valence-corrected chi connectivity index (χ3v) is 5.34. The summed E-state index contributed by atoms with van der Waals surface area (Å²) in [7, 11) is 0. The highest BCUT2D eigenvalue weighted by Gasteiger charge is 2.36. The number of nitrogens with one attached hydrogen (secondary N) is 1. The molecule has 1 heterocycles. The highest BCUT2D eigenvalue weighted by Crippen LogP contribution is 2.30. The van der Waals surface area contributed by atoms with Gasteiger partial charge in [0.25, 0.3) is 0 Å². The van der Waals surface area contributed by atoms with E-state index in [1.54, 1.807) is 0 Å². The van der Waals surface area contributed by atoms with Gasteiger partial charge >= 0.3 is 0 Å². The van der Waals surface area contributed by atoms with Crippen LogP contribution in [0, 0.1) is 5.92 Å². The Bertz CT molecular complexity index is 244. The van der Waals surface area contributed by atoms with E-state index < -0.39 is 0 Å². The van der Waals surface area contributed by atoms with Gasteiger partial charge in [-0.05, 0) is 58.7 Å². The lowest BCUT2D eigenvalue weighted by Crippen LogP contribution is -2.57. The van der Waals surface area contributed by atoms with Crippen LogP contribution in [0.5, 0.6) is 0 Å². The Labute approximate surface area is 127 Å². The van der Waals surface area contributed by atoms with Gasteiger partial charge in [0.2, 0.25) is 0 Å². The zero-order chi connectivity index (χ0) is 15.0. The molecule has 2 heteroatoms. The summed E-state index contributed by atoms with van der Waals surface area (Å²) in [5, 5.41) is 3.80. The minimum absolute atomic E-state index is 0.298. The molecule has 1 aliphatic rings. The fraction of sp³-hybridized carbons (Fsp3) is 1.00. The number of hydrogen-bond acceptors (Lipinski definition) is 2. The van der Waals surface area contributed by atoms with E-state index in [9.17, 15) is 0 Å². The SMILES string of the molecule is CCCCC(CC)CC(NCC)C(C)(C)N1CCCC1. The molecular weight excluding hydrogens is 244 g/mol. The normalized spacial score (nSPS) is 20.2. The van der Waals surface area contributed by atoms with Gasteiger partial charge in [0.05, 0.1) is 0 Å². The first-order valence-electron chi connectivity index (χ1n) is 9.04. The second kappa shape index (κ2) is 9.04. The maximum Gasteiger partial charge on any atom is 0.0306 e. The smallest absolute Gasteiger partial charge is 0.0306 e. The zero-order valence-electron chi connectivity index (χ0n) is 14.7. The van der Waals surface area contributed by atoms with Crippen LogP contribution in [0.25, 0.3) is 0 Å². The topological polar surface area (TPSA) is 15.3 Å². The molecule has 0 bridgehead atoms. The van der Waals surface area contributed by atoms with Gasteiger partial charge in [0.1, 0.15) is 0 Å². The van der Waals surface area contributed by atoms with E-state index in [0.29, 0.717) is 11.6 Å². The minimum atomic E-state index is 0.298. The van der Waals surface area contributed by atoms with Crippen molar-refractivity contribution in [3.05, 3.63) is 0 Å². The molecule has 0 spiro atoms. The first-order chi connectivity index (χ1) is 9.56. The Morgan fingerprint density at radius 2 is 1.75 bits per heavy atom. The standard InChI is InChI=1S/C18H38N2/c1-6-9-12-16(7-2)15-17(19-8-3)18(4,5)20-13-10-11-14-20/h16-17,19H,6-15H2,1-5H3. The van der Waals surface area contributed by atoms with Crippen LogP contribution in [0.3, 0.4) is 0 Å². The largest absolute Gasteiger partial charge is 0.312 e. The van der Waals surface area contributed by atoms with E-state index in [1.165, 1.54) is 58.0 Å². The van der Waals surface area contributed by atoms with Crippen LogP contribution >= 0.6 is 0 Å². The van der Waals surface area contributed by atoms with Gasteiger partial charge < -0.3 is 5.32 Å². The van der Waals surface area contributed by atoms with E-state index in [1.807, 2.05) is 0 Å². The van der Waals surface area contributed by atoms with Crippen molar-refractivity contribution in [2.45, 2.75) is 91.1 Å². The fourth-order valence-electron chi connectivity index (χ4n) is 3.70. The van der Waals surface area contributed by atoms with Crippen LogP contribution in [0.4, 0.5) is 0 Å². The molecule has 1 rings (SSSR count). The molecule has 20 heavy (non-hydrogen) atoms. The van der Waals surface area contributed by atoms with Gasteiger partial charge in [-0.3, -0.25) is 4.90 Å². The van der Waals surface area contributed by atoms with Crippen molar-refractivity contribution in [3.8, 4) is 0 Å². The van der Waals surface area contributed by atoms with Crippen LogP contribution in [0.1, 0.15) is 79.6 Å². The Hall–Kier alpha value is -0.0800. The fourth-order valence-corrected chi connectivity index (χ4v) is 3.70. The highest BCUT2D eigenvalue weighted by atomic mass is 15.2. The average molecular weight is 283 g/mol. The van der Waals surface area contributed by atoms with Crippen LogP contribution in [0.2, 0.25) is 0 Å². The van der Waals surface area contributed by atoms with E-state index in [0.717, 1.165) is 12.5 Å². The highest BCUT2D eigenvalue weighted by molar-refractivity contribution is 4.96. The van der Waals surface area contributed by atoms with Crippen molar-refractivity contribution in [1.82, 2.24) is 10.2 Å². The molecule has 1 saturated heterocycles. The van der Waals surface area contributed by atoms with Gasteiger partial charge in [-0.15, -0.1) is 0 Å². The molecule has 0 aromatic carbocycles. The van der Waals surface area contributed by atoms with Crippen molar-refractivity contribution in [3.63, 3.8) is 0 Å². The summed E-state index contributed by atoms with van der Waals surface area (Å²) in [5.41, 5.74) is 0.298. The lowest BCUT2D eigenvalue weighted by molar-refractivity contribution is 0.0927. The van der Waals surface area contributed by atoms with Crippen molar-refractivity contribution in [2.75, 3.05) is 19.6 Å². The summed E-state index contributed by atoms with van der Waals surface area (Å²) in [6, 6.07) is 0.632. The monoisotopic (exact) mass is 282 g/mol. The molecule has 1 N–H and O–H groups in total. The van der Waals surface area contributed by atoms with E-state index >= 15 is 0 Å². The molecule has 1 aliphatic heterocycles. The van der Waals surface area contributed by atoms with Crippen LogP contribution in [0.15, 0.2) is 0 Å². The van der Waals surface area contributed by atoms with Crippen LogP contribution in [-0.4, -0.2) is 36.1 Å². The molecule has 120 valence electrons. The number of likely N-dealkylation sites (tertiary alicyclic amines) is 1. The third-order valence-electron chi connectivity index (χ3n) is 5.34. The van der Waals surface area contributed by atoms with Gasteiger partial charge in [0, 0.05) is 11.6 Å². The number of rotatable bonds is 10. The minimum Gasteiger partial charge on any atom is -0.312 e. The molecule has 0 aromatic rings. The molecule has 2 nitrogen and oxygen atoms in total. The number of nitrogens with zero attached hydrogens (tertiary/aromatic N) is 1. The molecule has 2 unspecified atom stereocenters. The molecule has 0 aliphatic carbocycles. The molecule has 2 atom stereocenters. The van der Waals surface area contributed by atoms with Gasteiger partial charge in [-0.25, -0.2) is 0 Å². The Balaban J connectivity index is 2.65. The lowest BCUT2D eigenvalue weighted by Gasteiger charge is -2.44. The van der Waals surface area contributed by atoms with Crippen LogP contribution in [-0.2, 0) is 0 Å². The van der Waals surface area contributed by atoms with E-state index in [2.05, 4.69) is 44.8 Å². The maximum atomic E-state index is 3.80. The number of likely N-dealkylation sites (N-methyl/N-ethyl adjacent to an activating group) is 1. The van der Waals surface area contributed by atoms with Gasteiger partial charge in [0.15, 0.2) is 0 Å². The Morgan fingerprint density at radius 1 is 1.10 bits per heavy atom. The summed E-state index contributed by atoms with van der Waals surface area (Å²) >= 11 is 0. The zero-order valence-corrected chi connectivity index (χ0v) is 14.7. The first kappa shape index (κ1) is 18.0. The second-order valence-electron chi connectivity index (χ2n) is 7.11. The summed E-state index contributed by atoms with van der Waals surface area (Å²) in [6.07, 6.45) is 9.57. The molecule has 0 aromatic heterocycles. The van der Waals surface area contributed by atoms with Crippen molar-refractivity contribution in [1.29, 1.82) is 0 Å². The van der Waals surface area contributed by atoms with Crippen molar-refractivity contribution >= 4 is 0 Å². The predicted octanol–water partition coefficient (Wildman–Crippen LogP) is 4.45. The summed E-state index contributed by atoms with van der Waals surface area (Å²) in [4.78, 5) is 2.72. The molecule has 0 saturated carbocycles. The van der Waals surface area contributed by atoms with Crippen LogP contribution < -0.4 is 5.32 Å². The van der Waals surface area contributed by atoms with Crippen molar-refractivity contribution < 1.29 is 0 Å². The Kier molecular flexibility index (Phi) is 8.13. The maximum absolute atomic E-state index is 3.80. The summed E-state index contributed by atoms with van der Waals surface area (Å²) in [5.74, 6) is 0.890. The average Bonchev–Trinajstić information content (AvgIpc) is 2.97. The molecule has 1 fully saturated rings. The Morgan fingerprint density at radius 3 is 2.25 bits per heavy atom. The van der Waals surface area contributed by atoms with E-state index in [-0.39, 0.29) is 0 Å². The number of unbranched alkanes of at least 4 members (excludes halogenated alkanes) is 1. The summed E-state index contributed by atoms with van der Waals surface area (Å²) in [6.45, 7) is 15.5. The second-order valence-corrected chi connectivity index (χ2v) is 7.11. The quantitative estimate of drug-likeness (QED) is 0.637. The predicted molar refractivity (Wildman–Crippen MR) is 90.3 cm³/mol. The molecule has 0 amide bonds. The number of hydrogen-bond donors (Lipinski definition) is 1. The summed E-state index contributed by atoms with van der Waals surface area (Å²) < 4.78 is 0. The lowest BCUT2D eigenvalue weighted by atomic mass is 9.82. The molecule has 0 radical (unpaired) electrons. The molecular formula is C18H38N2. The van der Waals surface area contributed by atoms with Gasteiger partial charge in [-0.1, -0.05) is 46.5 Å². The third kappa shape index (κ3) is 5.04. The van der Waals surface area contributed by atoms with Crippen molar-refractivity contribution in [2.24, 2.45) is 5.92 Å². The van der Waals surface area contributed by atoms with Gasteiger partial charge in [-0.2, -0.15) is 0 Å². The first-order valence-corrected chi connectivity index (χ1v) is 9.04.